The van der Waals surface area contributed by atoms with E-state index in [1.807, 2.05) is 30.5 Å². The van der Waals surface area contributed by atoms with Crippen LogP contribution in [0.5, 0.6) is 5.75 Å². The molecule has 6 aromatic carbocycles. The molecule has 1 N–H and O–H groups in total. The Balaban J connectivity index is 0.00000560. The summed E-state index contributed by atoms with van der Waals surface area (Å²) in [6.07, 6.45) is 1.92. The molecule has 0 aliphatic heterocycles. The standard InChI is InChI=1S/C58H58N3O2.Pt/c1-55(2,3)38-25-26-48(43(30-38)35-19-14-13-15-20-35)61-49-23-18-22-41(52(49)60-54(61)44-31-40(57(7,8)9)32-46(53(44)62)58(10,11)12)36-27-37(29-39(28-36)56(4,5)6)47-33-51-45(34-59-47)42-21-16-17-24-50(42)63-51;/h13-26,28-34,62H,1-12H3;/q-1;. The summed E-state index contributed by atoms with van der Waals surface area (Å²) >= 11 is 0. The monoisotopic (exact) mass is 1020 g/mol. The van der Waals surface area contributed by atoms with Crippen LogP contribution in [0.1, 0.15) is 105 Å². The van der Waals surface area contributed by atoms with Gasteiger partial charge in [0.2, 0.25) is 0 Å². The molecule has 0 atom stereocenters. The van der Waals surface area contributed by atoms with Crippen LogP contribution >= 0.6 is 0 Å². The maximum absolute atomic E-state index is 12.5. The van der Waals surface area contributed by atoms with Gasteiger partial charge in [0.15, 0.2) is 0 Å². The molecule has 0 saturated carbocycles. The Morgan fingerprint density at radius 1 is 0.547 bits per heavy atom. The Kier molecular flexibility index (Phi) is 11.2. The van der Waals surface area contributed by atoms with Crippen LogP contribution in [0.3, 0.4) is 0 Å². The molecule has 0 spiro atoms. The maximum Gasteiger partial charge on any atom is 0.148 e. The van der Waals surface area contributed by atoms with Gasteiger partial charge in [-0.2, -0.15) is 0 Å². The summed E-state index contributed by atoms with van der Waals surface area (Å²) in [6.45, 7) is 26.7. The molecule has 0 fully saturated rings. The smallest absolute Gasteiger partial charge is 0.148 e. The molecular formula is C58H58N3O2Pt-. The normalized spacial score (nSPS) is 12.6. The van der Waals surface area contributed by atoms with Crippen LogP contribution in [0.4, 0.5) is 0 Å². The summed E-state index contributed by atoms with van der Waals surface area (Å²) in [6, 6.07) is 46.6. The Bertz CT molecular complexity index is 3220. The zero-order valence-corrected chi connectivity index (χ0v) is 41.4. The number of aromatic hydroxyl groups is 1. The summed E-state index contributed by atoms with van der Waals surface area (Å²) in [5.41, 5.74) is 14.4. The van der Waals surface area contributed by atoms with Crippen LogP contribution in [0.2, 0.25) is 0 Å². The Morgan fingerprint density at radius 3 is 1.88 bits per heavy atom. The summed E-state index contributed by atoms with van der Waals surface area (Å²) in [5, 5.41) is 14.6. The van der Waals surface area contributed by atoms with Gasteiger partial charge < -0.3 is 9.52 Å². The van der Waals surface area contributed by atoms with Crippen molar-refractivity contribution >= 4 is 33.0 Å². The summed E-state index contributed by atoms with van der Waals surface area (Å²) < 4.78 is 8.60. The van der Waals surface area contributed by atoms with E-state index in [9.17, 15) is 5.11 Å². The van der Waals surface area contributed by atoms with Gasteiger partial charge in [0, 0.05) is 54.9 Å². The molecule has 3 aromatic heterocycles. The van der Waals surface area contributed by atoms with Crippen LogP contribution in [-0.4, -0.2) is 19.6 Å². The van der Waals surface area contributed by atoms with Crippen molar-refractivity contribution in [3.63, 3.8) is 0 Å². The fraction of sp³-hybridized carbons (Fsp3) is 0.276. The third-order valence-corrected chi connectivity index (χ3v) is 12.5. The number of hydrogen-bond acceptors (Lipinski definition) is 4. The van der Waals surface area contributed by atoms with Crippen molar-refractivity contribution in [2.45, 2.75) is 105 Å². The fourth-order valence-electron chi connectivity index (χ4n) is 8.65. The van der Waals surface area contributed by atoms with Crippen molar-refractivity contribution in [2.24, 2.45) is 0 Å². The quantitative estimate of drug-likeness (QED) is 0.175. The molecule has 0 unspecified atom stereocenters. The third kappa shape index (κ3) is 8.13. The first-order valence-electron chi connectivity index (χ1n) is 22.1. The van der Waals surface area contributed by atoms with Crippen LogP contribution in [0.15, 0.2) is 132 Å². The maximum atomic E-state index is 12.5. The molecule has 5 nitrogen and oxygen atoms in total. The number of benzene rings is 6. The first-order valence-corrected chi connectivity index (χ1v) is 22.1. The summed E-state index contributed by atoms with van der Waals surface area (Å²) in [4.78, 5) is 10.7. The van der Waals surface area contributed by atoms with E-state index in [-0.39, 0.29) is 48.5 Å². The number of furan rings is 1. The Hall–Kier alpha value is -5.77. The zero-order valence-electron chi connectivity index (χ0n) is 39.1. The molecule has 0 aliphatic rings. The number of imidazole rings is 1. The van der Waals surface area contributed by atoms with Crippen molar-refractivity contribution in [1.29, 1.82) is 0 Å². The van der Waals surface area contributed by atoms with Gasteiger partial charge in [-0.25, -0.2) is 4.98 Å². The van der Waals surface area contributed by atoms with Crippen molar-refractivity contribution in [3.05, 3.63) is 156 Å². The van der Waals surface area contributed by atoms with Crippen molar-refractivity contribution in [1.82, 2.24) is 14.5 Å². The molecule has 9 rings (SSSR count). The predicted molar refractivity (Wildman–Crippen MR) is 263 cm³/mol. The summed E-state index contributed by atoms with van der Waals surface area (Å²) in [5.74, 6) is 0.924. The first kappa shape index (κ1) is 44.8. The van der Waals surface area contributed by atoms with Gasteiger partial charge in [-0.05, 0) is 74.7 Å². The van der Waals surface area contributed by atoms with E-state index < -0.39 is 0 Å². The largest absolute Gasteiger partial charge is 0.507 e. The minimum Gasteiger partial charge on any atom is -0.507 e. The molecule has 328 valence electrons. The van der Waals surface area contributed by atoms with E-state index in [0.717, 1.165) is 88.9 Å². The number of phenols is 1. The number of aromatic nitrogens is 3. The minimum atomic E-state index is -0.330. The van der Waals surface area contributed by atoms with Gasteiger partial charge in [-0.15, -0.1) is 29.3 Å². The van der Waals surface area contributed by atoms with E-state index in [0.29, 0.717) is 11.4 Å². The van der Waals surface area contributed by atoms with Gasteiger partial charge in [0.05, 0.1) is 22.3 Å². The number of nitrogens with zero attached hydrogens (tertiary/aromatic N) is 3. The molecule has 3 heterocycles. The number of rotatable bonds is 5. The van der Waals surface area contributed by atoms with Gasteiger partial charge in [0.25, 0.3) is 0 Å². The van der Waals surface area contributed by atoms with E-state index >= 15 is 0 Å². The SMILES string of the molecule is CC(C)(C)c1cc(-c2cc3oc4ccccc4c3cn2)[c-]c(-c2cccc3c2nc(-c2cc(C(C)(C)C)cc(C(C)(C)C)c2O)n3-c2ccc(C(C)(C)C)cc2-c2ccccc2)c1.[Pt]. The molecule has 9 aromatic rings. The second kappa shape index (κ2) is 16.0. The molecule has 0 bridgehead atoms. The van der Waals surface area contributed by atoms with Crippen LogP contribution in [0, 0.1) is 6.07 Å². The van der Waals surface area contributed by atoms with E-state index in [1.165, 1.54) is 5.56 Å². The third-order valence-electron chi connectivity index (χ3n) is 12.5. The van der Waals surface area contributed by atoms with Crippen LogP contribution < -0.4 is 0 Å². The molecule has 0 saturated heterocycles. The van der Waals surface area contributed by atoms with Crippen LogP contribution in [-0.2, 0) is 42.7 Å². The molecule has 6 heteroatoms. The molecule has 0 radical (unpaired) electrons. The summed E-state index contributed by atoms with van der Waals surface area (Å²) in [7, 11) is 0. The minimum absolute atomic E-state index is 0. The van der Waals surface area contributed by atoms with Gasteiger partial charge in [-0.1, -0.05) is 167 Å². The molecule has 0 amide bonds. The average molecular weight is 1020 g/mol. The van der Waals surface area contributed by atoms with E-state index in [4.69, 9.17) is 14.4 Å². The van der Waals surface area contributed by atoms with Crippen molar-refractivity contribution in [2.75, 3.05) is 0 Å². The van der Waals surface area contributed by atoms with Gasteiger partial charge in [-0.3, -0.25) is 9.55 Å². The molecular weight excluding hydrogens is 966 g/mol. The topological polar surface area (TPSA) is 64.1 Å². The fourth-order valence-corrected chi connectivity index (χ4v) is 8.65. The first-order chi connectivity index (χ1) is 29.7. The predicted octanol–water partition coefficient (Wildman–Crippen LogP) is 15.7. The van der Waals surface area contributed by atoms with Gasteiger partial charge in [0.1, 0.15) is 22.7 Å². The van der Waals surface area contributed by atoms with Crippen molar-refractivity contribution < 1.29 is 30.6 Å². The van der Waals surface area contributed by atoms with Crippen molar-refractivity contribution in [3.8, 4) is 56.3 Å². The number of pyridine rings is 1. The second-order valence-corrected chi connectivity index (χ2v) is 21.3. The van der Waals surface area contributed by atoms with E-state index in [1.54, 1.807) is 0 Å². The number of para-hydroxylation sites is 2. The van der Waals surface area contributed by atoms with Gasteiger partial charge >= 0.3 is 0 Å². The zero-order chi connectivity index (χ0) is 44.8. The number of phenolic OH excluding ortho intramolecular Hbond substituents is 1. The van der Waals surface area contributed by atoms with E-state index in [2.05, 4.69) is 191 Å². The molecule has 64 heavy (non-hydrogen) atoms. The Labute approximate surface area is 392 Å². The average Bonchev–Trinajstić information content (AvgIpc) is 3.80. The van der Waals surface area contributed by atoms with Crippen LogP contribution in [0.25, 0.3) is 83.6 Å². The second-order valence-electron chi connectivity index (χ2n) is 21.3. The number of hydrogen-bond donors (Lipinski definition) is 1. The Morgan fingerprint density at radius 2 is 1.19 bits per heavy atom. The molecule has 0 aliphatic carbocycles. The number of fused-ring (bicyclic) bond motifs is 4.